The summed E-state index contributed by atoms with van der Waals surface area (Å²) in [5.41, 5.74) is 5.80. The van der Waals surface area contributed by atoms with Crippen molar-refractivity contribution in [1.29, 1.82) is 0 Å². The van der Waals surface area contributed by atoms with Crippen molar-refractivity contribution in [3.05, 3.63) is 65.8 Å². The minimum atomic E-state index is -0.0650. The third kappa shape index (κ3) is 4.42. The molecule has 0 aliphatic carbocycles. The van der Waals surface area contributed by atoms with Crippen molar-refractivity contribution in [2.24, 2.45) is 13.0 Å². The number of amides is 1. The molecule has 0 N–H and O–H groups in total. The molecule has 1 aliphatic heterocycles. The zero-order valence-electron chi connectivity index (χ0n) is 20.3. The zero-order valence-corrected chi connectivity index (χ0v) is 20.3. The summed E-state index contributed by atoms with van der Waals surface area (Å²) >= 11 is 0. The fourth-order valence-corrected chi connectivity index (χ4v) is 4.41. The molecule has 6 heteroatoms. The Morgan fingerprint density at radius 3 is 2.39 bits per heavy atom. The Balaban J connectivity index is 0.000000601. The predicted molar refractivity (Wildman–Crippen MR) is 132 cm³/mol. The van der Waals surface area contributed by atoms with Gasteiger partial charge in [-0.15, -0.1) is 0 Å². The standard InChI is InChI=1S/C23H22N4O2.C4H10/c1-14-22(15(2)29-25-14)16-9-10-19-18(13-16)24-23(26(19)3)20-11-12-21(28)27(20)17-7-5-4-6-8-17;1-4(2)3/h4-10,13,20H,11-12H2,1-3H3;4H,1-3H3. The van der Waals surface area contributed by atoms with Crippen LogP contribution in [0, 0.1) is 19.8 Å². The van der Waals surface area contributed by atoms with E-state index in [4.69, 9.17) is 9.51 Å². The molecular weight excluding hydrogens is 412 g/mol. The van der Waals surface area contributed by atoms with Crippen LogP contribution in [0.3, 0.4) is 0 Å². The van der Waals surface area contributed by atoms with Gasteiger partial charge in [0, 0.05) is 24.7 Å². The van der Waals surface area contributed by atoms with Crippen LogP contribution >= 0.6 is 0 Å². The first-order valence-corrected chi connectivity index (χ1v) is 11.5. The molecule has 172 valence electrons. The summed E-state index contributed by atoms with van der Waals surface area (Å²) < 4.78 is 7.43. The van der Waals surface area contributed by atoms with E-state index in [1.165, 1.54) is 0 Å². The van der Waals surface area contributed by atoms with Gasteiger partial charge >= 0.3 is 0 Å². The van der Waals surface area contributed by atoms with Gasteiger partial charge in [-0.3, -0.25) is 4.79 Å². The van der Waals surface area contributed by atoms with Crippen molar-refractivity contribution in [2.75, 3.05) is 4.90 Å². The second-order valence-corrected chi connectivity index (χ2v) is 9.32. The molecule has 3 heterocycles. The Hall–Kier alpha value is -3.41. The van der Waals surface area contributed by atoms with E-state index in [2.05, 4.69) is 48.7 Å². The van der Waals surface area contributed by atoms with Crippen molar-refractivity contribution in [1.82, 2.24) is 14.7 Å². The number of fused-ring (bicyclic) bond motifs is 1. The highest BCUT2D eigenvalue weighted by Crippen LogP contribution is 2.38. The SMILES string of the molecule is CC(C)C.Cc1noc(C)c1-c1ccc2c(c1)nc(C1CCC(=O)N1c1ccccc1)n2C. The number of aromatic nitrogens is 3. The fraction of sp³-hybridized carbons (Fsp3) is 0.370. The van der Waals surface area contributed by atoms with Gasteiger partial charge in [0.05, 0.1) is 22.8 Å². The maximum Gasteiger partial charge on any atom is 0.227 e. The molecule has 1 fully saturated rings. The highest BCUT2D eigenvalue weighted by molar-refractivity contribution is 5.96. The van der Waals surface area contributed by atoms with Crippen LogP contribution in [0.2, 0.25) is 0 Å². The van der Waals surface area contributed by atoms with Gasteiger partial charge in [-0.05, 0) is 56.0 Å². The Bertz CT molecular complexity index is 1250. The number of nitrogens with zero attached hydrogens (tertiary/aromatic N) is 4. The van der Waals surface area contributed by atoms with Crippen molar-refractivity contribution in [2.45, 2.75) is 53.5 Å². The highest BCUT2D eigenvalue weighted by atomic mass is 16.5. The molecular formula is C27H32N4O2. The Morgan fingerprint density at radius 1 is 1.06 bits per heavy atom. The largest absolute Gasteiger partial charge is 0.361 e. The van der Waals surface area contributed by atoms with E-state index in [1.54, 1.807) is 0 Å². The van der Waals surface area contributed by atoms with Crippen molar-refractivity contribution < 1.29 is 9.32 Å². The lowest BCUT2D eigenvalue weighted by Crippen LogP contribution is -2.28. The molecule has 1 aliphatic rings. The van der Waals surface area contributed by atoms with Crippen LogP contribution in [0.25, 0.3) is 22.2 Å². The van der Waals surface area contributed by atoms with Crippen LogP contribution < -0.4 is 4.90 Å². The van der Waals surface area contributed by atoms with Gasteiger partial charge in [0.2, 0.25) is 5.91 Å². The molecule has 1 atom stereocenters. The maximum absolute atomic E-state index is 12.6. The molecule has 2 aromatic heterocycles. The van der Waals surface area contributed by atoms with Crippen molar-refractivity contribution in [3.8, 4) is 11.1 Å². The average Bonchev–Trinajstić information content (AvgIpc) is 3.43. The fourth-order valence-electron chi connectivity index (χ4n) is 4.41. The van der Waals surface area contributed by atoms with Gasteiger partial charge in [0.15, 0.2) is 0 Å². The number of aryl methyl sites for hydroxylation is 3. The first-order chi connectivity index (χ1) is 15.8. The van der Waals surface area contributed by atoms with Crippen LogP contribution in [0.4, 0.5) is 5.69 Å². The van der Waals surface area contributed by atoms with Crippen LogP contribution in [0.5, 0.6) is 0 Å². The van der Waals surface area contributed by atoms with E-state index in [0.717, 1.165) is 57.5 Å². The third-order valence-corrected chi connectivity index (χ3v) is 5.78. The zero-order chi connectivity index (χ0) is 23.7. The van der Waals surface area contributed by atoms with E-state index in [-0.39, 0.29) is 11.9 Å². The van der Waals surface area contributed by atoms with Gasteiger partial charge < -0.3 is 14.0 Å². The lowest BCUT2D eigenvalue weighted by molar-refractivity contribution is -0.117. The second kappa shape index (κ2) is 9.22. The topological polar surface area (TPSA) is 64.2 Å². The predicted octanol–water partition coefficient (Wildman–Crippen LogP) is 6.38. The summed E-state index contributed by atoms with van der Waals surface area (Å²) in [7, 11) is 2.02. The minimum Gasteiger partial charge on any atom is -0.361 e. The quantitative estimate of drug-likeness (QED) is 0.368. The molecule has 1 unspecified atom stereocenters. The molecule has 0 saturated carbocycles. The Labute approximate surface area is 195 Å². The summed E-state index contributed by atoms with van der Waals surface area (Å²) in [5.74, 6) is 2.69. The van der Waals surface area contributed by atoms with E-state index in [1.807, 2.05) is 56.1 Å². The number of hydrogen-bond donors (Lipinski definition) is 0. The second-order valence-electron chi connectivity index (χ2n) is 9.32. The maximum atomic E-state index is 12.6. The van der Waals surface area contributed by atoms with Gasteiger partial charge in [0.25, 0.3) is 0 Å². The Morgan fingerprint density at radius 2 is 1.76 bits per heavy atom. The van der Waals surface area contributed by atoms with Crippen molar-refractivity contribution >= 4 is 22.6 Å². The molecule has 6 nitrogen and oxygen atoms in total. The van der Waals surface area contributed by atoms with E-state index in [0.29, 0.717) is 6.42 Å². The monoisotopic (exact) mass is 444 g/mol. The lowest BCUT2D eigenvalue weighted by Gasteiger charge is -2.24. The normalized spacial score (nSPS) is 15.9. The smallest absolute Gasteiger partial charge is 0.227 e. The number of hydrogen-bond acceptors (Lipinski definition) is 4. The molecule has 0 radical (unpaired) electrons. The number of anilines is 1. The van der Waals surface area contributed by atoms with E-state index in [9.17, 15) is 4.79 Å². The van der Waals surface area contributed by atoms with E-state index >= 15 is 0 Å². The molecule has 2 aromatic carbocycles. The molecule has 1 amide bonds. The van der Waals surface area contributed by atoms with Gasteiger partial charge in [0.1, 0.15) is 11.6 Å². The minimum absolute atomic E-state index is 0.0650. The molecule has 4 aromatic rings. The lowest BCUT2D eigenvalue weighted by atomic mass is 10.0. The van der Waals surface area contributed by atoms with Crippen LogP contribution in [0.15, 0.2) is 53.1 Å². The molecule has 0 spiro atoms. The summed E-state index contributed by atoms with van der Waals surface area (Å²) in [6.45, 7) is 10.4. The third-order valence-electron chi connectivity index (χ3n) is 5.78. The summed E-state index contributed by atoms with van der Waals surface area (Å²) in [6.07, 6.45) is 1.30. The van der Waals surface area contributed by atoms with Crippen LogP contribution in [-0.4, -0.2) is 20.6 Å². The molecule has 5 rings (SSSR count). The summed E-state index contributed by atoms with van der Waals surface area (Å²) in [5, 5.41) is 4.07. The number of imidazole rings is 1. The first-order valence-electron chi connectivity index (χ1n) is 11.5. The number of para-hydroxylation sites is 1. The molecule has 0 bridgehead atoms. The van der Waals surface area contributed by atoms with Crippen LogP contribution in [0.1, 0.15) is 56.9 Å². The average molecular weight is 445 g/mol. The first kappa shape index (κ1) is 22.8. The van der Waals surface area contributed by atoms with Crippen molar-refractivity contribution in [3.63, 3.8) is 0 Å². The summed E-state index contributed by atoms with van der Waals surface area (Å²) in [6, 6.07) is 16.0. The van der Waals surface area contributed by atoms with E-state index < -0.39 is 0 Å². The molecule has 1 saturated heterocycles. The van der Waals surface area contributed by atoms with Crippen LogP contribution in [-0.2, 0) is 11.8 Å². The molecule has 33 heavy (non-hydrogen) atoms. The highest BCUT2D eigenvalue weighted by Gasteiger charge is 2.36. The number of rotatable bonds is 3. The summed E-state index contributed by atoms with van der Waals surface area (Å²) in [4.78, 5) is 19.5. The van der Waals surface area contributed by atoms with Gasteiger partial charge in [-0.2, -0.15) is 0 Å². The number of carbonyl (C=O) groups excluding carboxylic acids is 1. The Kier molecular flexibility index (Phi) is 6.36. The number of carbonyl (C=O) groups is 1. The van der Waals surface area contributed by atoms with Gasteiger partial charge in [-0.25, -0.2) is 4.98 Å². The van der Waals surface area contributed by atoms with Gasteiger partial charge in [-0.1, -0.05) is 50.2 Å². The number of benzene rings is 2.